The van der Waals surface area contributed by atoms with Gasteiger partial charge in [0.05, 0.1) is 5.54 Å². The second-order valence-corrected chi connectivity index (χ2v) is 8.42. The second-order valence-electron chi connectivity index (χ2n) is 8.42. The highest BCUT2D eigenvalue weighted by Crippen LogP contribution is 2.43. The quantitative estimate of drug-likeness (QED) is 0.727. The molecule has 0 radical (unpaired) electrons. The van der Waals surface area contributed by atoms with Crippen molar-refractivity contribution < 1.29 is 14.3 Å². The molecule has 2 aromatic carbocycles. The molecule has 30 heavy (non-hydrogen) atoms. The number of ether oxygens (including phenoxy) is 1. The second kappa shape index (κ2) is 8.60. The van der Waals surface area contributed by atoms with Gasteiger partial charge < -0.3 is 9.64 Å². The first-order valence-electron chi connectivity index (χ1n) is 10.8. The number of hydrogen-bond acceptors (Lipinski definition) is 4. The molecule has 1 spiro atoms. The van der Waals surface area contributed by atoms with E-state index in [1.54, 1.807) is 6.92 Å². The van der Waals surface area contributed by atoms with Gasteiger partial charge in [0.1, 0.15) is 6.10 Å². The van der Waals surface area contributed by atoms with Crippen LogP contribution in [0.25, 0.3) is 0 Å². The van der Waals surface area contributed by atoms with Crippen molar-refractivity contribution in [2.45, 2.75) is 44.8 Å². The zero-order valence-corrected chi connectivity index (χ0v) is 17.8. The van der Waals surface area contributed by atoms with Crippen LogP contribution in [0.3, 0.4) is 0 Å². The maximum Gasteiger partial charge on any atom is 0.303 e. The highest BCUT2D eigenvalue weighted by atomic mass is 16.5. The summed E-state index contributed by atoms with van der Waals surface area (Å²) in [5.41, 5.74) is 3.47. The number of rotatable bonds is 4. The molecule has 1 unspecified atom stereocenters. The normalized spacial score (nSPS) is 19.2. The lowest BCUT2D eigenvalue weighted by atomic mass is 9.74. The predicted octanol–water partition coefficient (Wildman–Crippen LogP) is 3.69. The maximum atomic E-state index is 12.5. The van der Waals surface area contributed by atoms with E-state index in [2.05, 4.69) is 34.1 Å². The molecule has 1 saturated heterocycles. The van der Waals surface area contributed by atoms with Gasteiger partial charge in [-0.2, -0.15) is 0 Å². The molecule has 0 aromatic heterocycles. The van der Waals surface area contributed by atoms with Gasteiger partial charge in [-0.05, 0) is 36.0 Å². The van der Waals surface area contributed by atoms with Crippen LogP contribution in [-0.2, 0) is 26.3 Å². The number of esters is 1. The number of nitrogens with zero attached hydrogens (tertiary/aromatic N) is 2. The first-order chi connectivity index (χ1) is 14.5. The Balaban J connectivity index is 1.53. The van der Waals surface area contributed by atoms with Gasteiger partial charge in [-0.15, -0.1) is 0 Å². The number of likely N-dealkylation sites (tertiary alicyclic amines) is 1. The first-order valence-corrected chi connectivity index (χ1v) is 10.8. The van der Waals surface area contributed by atoms with Gasteiger partial charge in [0.15, 0.2) is 0 Å². The molecular weight excluding hydrogens is 376 g/mol. The summed E-state index contributed by atoms with van der Waals surface area (Å²) in [7, 11) is 0. The lowest BCUT2D eigenvalue weighted by molar-refractivity contribution is -0.149. The number of benzene rings is 2. The van der Waals surface area contributed by atoms with E-state index >= 15 is 0 Å². The summed E-state index contributed by atoms with van der Waals surface area (Å²) in [5, 5.41) is 0. The maximum absolute atomic E-state index is 12.5. The minimum Gasteiger partial charge on any atom is -0.456 e. The van der Waals surface area contributed by atoms with Crippen LogP contribution >= 0.6 is 0 Å². The van der Waals surface area contributed by atoms with Gasteiger partial charge in [0.2, 0.25) is 5.91 Å². The van der Waals surface area contributed by atoms with Crippen LogP contribution in [0.1, 0.15) is 49.5 Å². The summed E-state index contributed by atoms with van der Waals surface area (Å²) >= 11 is 0. The van der Waals surface area contributed by atoms with E-state index in [0.29, 0.717) is 6.54 Å². The Kier molecular flexibility index (Phi) is 5.91. The molecular formula is C25H30N2O3. The van der Waals surface area contributed by atoms with Crippen molar-refractivity contribution in [3.63, 3.8) is 0 Å². The van der Waals surface area contributed by atoms with Gasteiger partial charge in [-0.25, -0.2) is 0 Å². The monoisotopic (exact) mass is 406 g/mol. The molecule has 0 aliphatic carbocycles. The van der Waals surface area contributed by atoms with Crippen LogP contribution in [0.15, 0.2) is 54.6 Å². The Morgan fingerprint density at radius 1 is 0.967 bits per heavy atom. The van der Waals surface area contributed by atoms with E-state index in [1.165, 1.54) is 18.1 Å². The Labute approximate surface area is 178 Å². The molecule has 4 rings (SSSR count). The summed E-state index contributed by atoms with van der Waals surface area (Å²) in [6, 6.07) is 18.5. The SMILES string of the molecule is CC(=O)OC(CN1CCC2(CC1)c1ccccc1CCN2C(C)=O)c1ccccc1. The fourth-order valence-electron chi connectivity index (χ4n) is 5.20. The Morgan fingerprint density at radius 3 is 2.30 bits per heavy atom. The number of carbonyl (C=O) groups excluding carboxylic acids is 2. The van der Waals surface area contributed by atoms with Gasteiger partial charge >= 0.3 is 5.97 Å². The number of carbonyl (C=O) groups is 2. The van der Waals surface area contributed by atoms with E-state index < -0.39 is 0 Å². The number of piperidine rings is 1. The standard InChI is InChI=1S/C25H30N2O3/c1-19(28)27-15-12-21-8-6-7-11-23(21)25(27)13-16-26(17-14-25)18-24(30-20(2)29)22-9-4-3-5-10-22/h3-11,24H,12-18H2,1-2H3. The molecule has 2 aliphatic rings. The average Bonchev–Trinajstić information content (AvgIpc) is 2.75. The summed E-state index contributed by atoms with van der Waals surface area (Å²) < 4.78 is 5.65. The predicted molar refractivity (Wildman–Crippen MR) is 116 cm³/mol. The lowest BCUT2D eigenvalue weighted by Crippen LogP contribution is -2.58. The summed E-state index contributed by atoms with van der Waals surface area (Å²) in [6.45, 7) is 6.33. The van der Waals surface area contributed by atoms with Crippen LogP contribution in [0, 0.1) is 0 Å². The summed E-state index contributed by atoms with van der Waals surface area (Å²) in [5.74, 6) is -0.110. The van der Waals surface area contributed by atoms with Crippen LogP contribution in [0.5, 0.6) is 0 Å². The van der Waals surface area contributed by atoms with Gasteiger partial charge in [-0.1, -0.05) is 54.6 Å². The van der Waals surface area contributed by atoms with Gasteiger partial charge in [0, 0.05) is 40.0 Å². The van der Waals surface area contributed by atoms with Crippen molar-refractivity contribution in [1.29, 1.82) is 0 Å². The van der Waals surface area contributed by atoms with Crippen molar-refractivity contribution in [3.05, 3.63) is 71.3 Å². The van der Waals surface area contributed by atoms with E-state index in [0.717, 1.165) is 44.5 Å². The molecule has 2 heterocycles. The fourth-order valence-corrected chi connectivity index (χ4v) is 5.20. The van der Waals surface area contributed by atoms with Crippen molar-refractivity contribution in [1.82, 2.24) is 9.80 Å². The molecule has 1 amide bonds. The fraction of sp³-hybridized carbons (Fsp3) is 0.440. The minimum atomic E-state index is -0.277. The van der Waals surface area contributed by atoms with Gasteiger partial charge in [-0.3, -0.25) is 14.5 Å². The Hall–Kier alpha value is -2.66. The van der Waals surface area contributed by atoms with Crippen molar-refractivity contribution >= 4 is 11.9 Å². The van der Waals surface area contributed by atoms with Crippen LogP contribution in [0.2, 0.25) is 0 Å². The number of amides is 1. The molecule has 0 bridgehead atoms. The topological polar surface area (TPSA) is 49.9 Å². The minimum absolute atomic E-state index is 0.153. The molecule has 2 aliphatic heterocycles. The van der Waals surface area contributed by atoms with E-state index in [-0.39, 0.29) is 23.5 Å². The Morgan fingerprint density at radius 2 is 1.63 bits per heavy atom. The molecule has 158 valence electrons. The van der Waals surface area contributed by atoms with E-state index in [9.17, 15) is 9.59 Å². The molecule has 1 fully saturated rings. The molecule has 5 nitrogen and oxygen atoms in total. The lowest BCUT2D eigenvalue weighted by Gasteiger charge is -2.52. The average molecular weight is 407 g/mol. The molecule has 1 atom stereocenters. The molecule has 0 N–H and O–H groups in total. The first kappa shape index (κ1) is 20.6. The van der Waals surface area contributed by atoms with Crippen molar-refractivity contribution in [3.8, 4) is 0 Å². The third-order valence-corrected chi connectivity index (χ3v) is 6.61. The summed E-state index contributed by atoms with van der Waals surface area (Å²) in [4.78, 5) is 28.6. The van der Waals surface area contributed by atoms with Crippen molar-refractivity contribution in [2.24, 2.45) is 0 Å². The largest absolute Gasteiger partial charge is 0.456 e. The van der Waals surface area contributed by atoms with Crippen LogP contribution in [-0.4, -0.2) is 47.9 Å². The van der Waals surface area contributed by atoms with E-state index in [4.69, 9.17) is 4.74 Å². The zero-order chi connectivity index (χ0) is 21.1. The Bertz CT molecular complexity index is 904. The third kappa shape index (κ3) is 3.99. The van der Waals surface area contributed by atoms with Crippen molar-refractivity contribution in [2.75, 3.05) is 26.2 Å². The number of hydrogen-bond donors (Lipinski definition) is 0. The van der Waals surface area contributed by atoms with Crippen LogP contribution < -0.4 is 0 Å². The highest BCUT2D eigenvalue weighted by Gasteiger charge is 2.46. The third-order valence-electron chi connectivity index (χ3n) is 6.61. The van der Waals surface area contributed by atoms with Crippen LogP contribution in [0.4, 0.5) is 0 Å². The summed E-state index contributed by atoms with van der Waals surface area (Å²) in [6.07, 6.45) is 2.43. The molecule has 2 aromatic rings. The molecule has 5 heteroatoms. The molecule has 0 saturated carbocycles. The highest BCUT2D eigenvalue weighted by molar-refractivity contribution is 5.75. The smallest absolute Gasteiger partial charge is 0.303 e. The number of fused-ring (bicyclic) bond motifs is 2. The van der Waals surface area contributed by atoms with E-state index in [1.807, 2.05) is 30.3 Å². The van der Waals surface area contributed by atoms with Gasteiger partial charge in [0.25, 0.3) is 0 Å². The zero-order valence-electron chi connectivity index (χ0n) is 17.8.